The highest BCUT2D eigenvalue weighted by atomic mass is 16.3. The molecule has 1 N–H and O–H groups in total. The van der Waals surface area contributed by atoms with Crippen molar-refractivity contribution >= 4 is 0 Å². The maximum atomic E-state index is 10.1. The van der Waals surface area contributed by atoms with E-state index in [0.29, 0.717) is 0 Å². The predicted molar refractivity (Wildman–Crippen MR) is 76.8 cm³/mol. The molecule has 2 rings (SSSR count). The van der Waals surface area contributed by atoms with Crippen LogP contribution in [-0.4, -0.2) is 11.2 Å². The topological polar surface area (TPSA) is 20.2 Å². The van der Waals surface area contributed by atoms with Crippen molar-refractivity contribution in [1.82, 2.24) is 0 Å². The second-order valence-corrected chi connectivity index (χ2v) is 6.79. The highest BCUT2D eigenvalue weighted by Gasteiger charge is 2.22. The van der Waals surface area contributed by atoms with Crippen LogP contribution in [0.15, 0.2) is 24.3 Å². The molecule has 0 spiro atoms. The Kier molecular flexibility index (Phi) is 4.11. The lowest BCUT2D eigenvalue weighted by Gasteiger charge is -2.27. The first-order valence-corrected chi connectivity index (χ1v) is 7.24. The first kappa shape index (κ1) is 13.6. The van der Waals surface area contributed by atoms with Crippen LogP contribution in [0.1, 0.15) is 63.5 Å². The normalized spacial score (nSPS) is 18.4. The van der Waals surface area contributed by atoms with Gasteiger partial charge in [0.25, 0.3) is 0 Å². The van der Waals surface area contributed by atoms with Crippen LogP contribution in [0.3, 0.4) is 0 Å². The number of benzene rings is 1. The van der Waals surface area contributed by atoms with E-state index in [4.69, 9.17) is 0 Å². The number of rotatable bonds is 4. The third kappa shape index (κ3) is 3.35. The van der Waals surface area contributed by atoms with Gasteiger partial charge >= 0.3 is 0 Å². The molecule has 1 aliphatic rings. The van der Waals surface area contributed by atoms with E-state index in [1.807, 2.05) is 0 Å². The Balaban J connectivity index is 1.93. The molecule has 1 aromatic rings. The first-order chi connectivity index (χ1) is 8.47. The van der Waals surface area contributed by atoms with Gasteiger partial charge in [0.1, 0.15) is 0 Å². The molecule has 0 amide bonds. The van der Waals surface area contributed by atoms with Gasteiger partial charge in [-0.2, -0.15) is 0 Å². The Labute approximate surface area is 111 Å². The summed E-state index contributed by atoms with van der Waals surface area (Å²) in [6.45, 7) is 6.30. The molecule has 0 heterocycles. The van der Waals surface area contributed by atoms with Gasteiger partial charge in [-0.25, -0.2) is 0 Å². The van der Waals surface area contributed by atoms with Crippen LogP contribution in [0.25, 0.3) is 0 Å². The van der Waals surface area contributed by atoms with Crippen molar-refractivity contribution in [2.24, 2.45) is 5.41 Å². The predicted octanol–water partition coefficient (Wildman–Crippen LogP) is 4.29. The molecular weight excluding hydrogens is 220 g/mol. The third-order valence-corrected chi connectivity index (χ3v) is 4.23. The summed E-state index contributed by atoms with van der Waals surface area (Å²) in [5, 5.41) is 10.1. The average Bonchev–Trinajstić information content (AvgIpc) is 2.22. The minimum atomic E-state index is -0.218. The molecule has 1 saturated carbocycles. The summed E-state index contributed by atoms with van der Waals surface area (Å²) in [5.74, 6) is 0.803. The van der Waals surface area contributed by atoms with E-state index in [1.54, 1.807) is 0 Å². The second kappa shape index (κ2) is 5.44. The van der Waals surface area contributed by atoms with E-state index in [0.717, 1.165) is 18.8 Å². The molecule has 1 fully saturated rings. The Bertz CT molecular complexity index is 385. The third-order valence-electron chi connectivity index (χ3n) is 4.23. The zero-order valence-electron chi connectivity index (χ0n) is 11.9. The van der Waals surface area contributed by atoms with E-state index in [2.05, 4.69) is 45.0 Å². The van der Waals surface area contributed by atoms with E-state index >= 15 is 0 Å². The second-order valence-electron chi connectivity index (χ2n) is 6.79. The van der Waals surface area contributed by atoms with Crippen LogP contribution in [0.4, 0.5) is 0 Å². The number of hydrogen-bond acceptors (Lipinski definition) is 1. The van der Waals surface area contributed by atoms with E-state index in [1.165, 1.54) is 30.4 Å². The molecule has 1 aliphatic carbocycles. The molecule has 1 nitrogen and oxygen atoms in total. The van der Waals surface area contributed by atoms with Crippen molar-refractivity contribution in [3.63, 3.8) is 0 Å². The van der Waals surface area contributed by atoms with Gasteiger partial charge in [-0.3, -0.25) is 0 Å². The van der Waals surface area contributed by atoms with Gasteiger partial charge in [-0.15, -0.1) is 0 Å². The summed E-state index contributed by atoms with van der Waals surface area (Å²) in [6.07, 6.45) is 5.72. The molecule has 0 aliphatic heterocycles. The Morgan fingerprint density at radius 3 is 2.56 bits per heavy atom. The summed E-state index contributed by atoms with van der Waals surface area (Å²) < 4.78 is 0. The van der Waals surface area contributed by atoms with Crippen LogP contribution >= 0.6 is 0 Å². The Morgan fingerprint density at radius 1 is 1.28 bits per heavy atom. The fourth-order valence-electron chi connectivity index (χ4n) is 2.48. The van der Waals surface area contributed by atoms with Crippen molar-refractivity contribution in [3.8, 4) is 0 Å². The van der Waals surface area contributed by atoms with Crippen molar-refractivity contribution in [3.05, 3.63) is 35.4 Å². The van der Waals surface area contributed by atoms with Gasteiger partial charge < -0.3 is 5.11 Å². The van der Waals surface area contributed by atoms with Crippen LogP contribution in [0, 0.1) is 5.41 Å². The minimum absolute atomic E-state index is 0.00835. The smallest absolute Gasteiger partial charge is 0.0591 e. The fourth-order valence-corrected chi connectivity index (χ4v) is 2.48. The molecule has 0 aromatic heterocycles. The minimum Gasteiger partial charge on any atom is -0.393 e. The van der Waals surface area contributed by atoms with Crippen LogP contribution in [0.2, 0.25) is 0 Å². The van der Waals surface area contributed by atoms with E-state index in [9.17, 15) is 5.11 Å². The Hall–Kier alpha value is -0.820. The summed E-state index contributed by atoms with van der Waals surface area (Å²) in [5.41, 5.74) is 2.87. The molecule has 1 heteroatoms. The molecule has 100 valence electrons. The lowest BCUT2D eigenvalue weighted by molar-refractivity contribution is 0.0560. The van der Waals surface area contributed by atoms with E-state index in [-0.39, 0.29) is 11.5 Å². The van der Waals surface area contributed by atoms with Gasteiger partial charge in [0.2, 0.25) is 0 Å². The highest BCUT2D eigenvalue weighted by Crippen LogP contribution is 2.36. The lowest BCUT2D eigenvalue weighted by Crippen LogP contribution is -2.26. The zero-order chi connectivity index (χ0) is 13.2. The van der Waals surface area contributed by atoms with Gasteiger partial charge in [-0.05, 0) is 48.1 Å². The van der Waals surface area contributed by atoms with E-state index < -0.39 is 0 Å². The van der Waals surface area contributed by atoms with Crippen LogP contribution in [0.5, 0.6) is 0 Å². The van der Waals surface area contributed by atoms with Gasteiger partial charge in [-0.1, -0.05) is 51.5 Å². The summed E-state index contributed by atoms with van der Waals surface area (Å²) in [6, 6.07) is 8.97. The summed E-state index contributed by atoms with van der Waals surface area (Å²) in [7, 11) is 0. The van der Waals surface area contributed by atoms with Crippen molar-refractivity contribution in [2.45, 2.75) is 64.9 Å². The number of hydrogen-bond donors (Lipinski definition) is 1. The Morgan fingerprint density at radius 2 is 2.00 bits per heavy atom. The largest absolute Gasteiger partial charge is 0.393 e. The number of aliphatic hydroxyl groups excluding tert-OH is 1. The van der Waals surface area contributed by atoms with Crippen molar-refractivity contribution < 1.29 is 5.11 Å². The zero-order valence-corrected chi connectivity index (χ0v) is 11.9. The average molecular weight is 246 g/mol. The maximum absolute atomic E-state index is 10.1. The highest BCUT2D eigenvalue weighted by molar-refractivity contribution is 5.27. The SMILES string of the molecule is CC(C)(C)C(O)CCc1cccc(C2CCC2)c1. The van der Waals surface area contributed by atoms with Crippen molar-refractivity contribution in [2.75, 3.05) is 0 Å². The summed E-state index contributed by atoms with van der Waals surface area (Å²) in [4.78, 5) is 0. The van der Waals surface area contributed by atoms with Gasteiger partial charge in [0, 0.05) is 0 Å². The fraction of sp³-hybridized carbons (Fsp3) is 0.647. The quantitative estimate of drug-likeness (QED) is 0.840. The molecular formula is C17H26O. The number of aryl methyl sites for hydroxylation is 1. The van der Waals surface area contributed by atoms with Crippen LogP contribution < -0.4 is 0 Å². The summed E-state index contributed by atoms with van der Waals surface area (Å²) >= 11 is 0. The first-order valence-electron chi connectivity index (χ1n) is 7.24. The molecule has 1 atom stereocenters. The number of aliphatic hydroxyl groups is 1. The molecule has 1 unspecified atom stereocenters. The van der Waals surface area contributed by atoms with Crippen molar-refractivity contribution in [1.29, 1.82) is 0 Å². The molecule has 0 radical (unpaired) electrons. The van der Waals surface area contributed by atoms with Gasteiger partial charge in [0.15, 0.2) is 0 Å². The lowest BCUT2D eigenvalue weighted by atomic mass is 9.79. The van der Waals surface area contributed by atoms with Gasteiger partial charge in [0.05, 0.1) is 6.10 Å². The standard InChI is InChI=1S/C17H26O/c1-17(2,3)16(18)11-10-13-6-4-9-15(12-13)14-7-5-8-14/h4,6,9,12,14,16,18H,5,7-8,10-11H2,1-3H3. The molecule has 18 heavy (non-hydrogen) atoms. The monoisotopic (exact) mass is 246 g/mol. The molecule has 0 saturated heterocycles. The van der Waals surface area contributed by atoms with Crippen LogP contribution in [-0.2, 0) is 6.42 Å². The molecule has 1 aromatic carbocycles. The molecule has 0 bridgehead atoms. The maximum Gasteiger partial charge on any atom is 0.0591 e.